The zero-order chi connectivity index (χ0) is 21.8. The summed E-state index contributed by atoms with van der Waals surface area (Å²) >= 11 is 6.30. The SMILES string of the molecule is COc1cc(N2CC=CC2)ccc1Nc1ncc(Cl)c(Nc2ccccc2C(C)=O)n1. The molecule has 8 heteroatoms. The topological polar surface area (TPSA) is 79.4 Å². The van der Waals surface area contributed by atoms with Gasteiger partial charge in [-0.15, -0.1) is 0 Å². The van der Waals surface area contributed by atoms with Crippen LogP contribution in [0.1, 0.15) is 17.3 Å². The Hall–Kier alpha value is -3.58. The molecule has 0 aliphatic carbocycles. The van der Waals surface area contributed by atoms with Crippen LogP contribution in [0, 0.1) is 0 Å². The van der Waals surface area contributed by atoms with E-state index in [0.29, 0.717) is 33.8 Å². The van der Waals surface area contributed by atoms with Crippen molar-refractivity contribution in [1.29, 1.82) is 0 Å². The van der Waals surface area contributed by atoms with Gasteiger partial charge in [-0.25, -0.2) is 4.98 Å². The van der Waals surface area contributed by atoms with E-state index in [1.165, 1.54) is 13.1 Å². The van der Waals surface area contributed by atoms with Crippen molar-refractivity contribution < 1.29 is 9.53 Å². The zero-order valence-corrected chi connectivity index (χ0v) is 18.0. The smallest absolute Gasteiger partial charge is 0.229 e. The summed E-state index contributed by atoms with van der Waals surface area (Å²) in [6, 6.07) is 13.1. The number of anilines is 5. The Morgan fingerprint density at radius 2 is 1.87 bits per heavy atom. The summed E-state index contributed by atoms with van der Waals surface area (Å²) in [5.74, 6) is 1.37. The van der Waals surface area contributed by atoms with Crippen LogP contribution < -0.4 is 20.3 Å². The first-order valence-electron chi connectivity index (χ1n) is 9.79. The van der Waals surface area contributed by atoms with E-state index in [1.807, 2.05) is 30.3 Å². The molecular weight excluding hydrogens is 414 g/mol. The number of para-hydroxylation sites is 1. The maximum atomic E-state index is 11.9. The van der Waals surface area contributed by atoms with Crippen LogP contribution in [0.3, 0.4) is 0 Å². The molecule has 0 radical (unpaired) electrons. The van der Waals surface area contributed by atoms with Gasteiger partial charge in [-0.05, 0) is 31.2 Å². The molecule has 2 heterocycles. The Kier molecular flexibility index (Phi) is 6.04. The van der Waals surface area contributed by atoms with E-state index >= 15 is 0 Å². The number of benzene rings is 2. The van der Waals surface area contributed by atoms with Gasteiger partial charge in [-0.3, -0.25) is 4.79 Å². The number of hydrogen-bond donors (Lipinski definition) is 2. The molecule has 1 aromatic heterocycles. The molecule has 2 aromatic carbocycles. The van der Waals surface area contributed by atoms with Crippen molar-refractivity contribution >= 4 is 46.2 Å². The maximum Gasteiger partial charge on any atom is 0.229 e. The van der Waals surface area contributed by atoms with E-state index in [-0.39, 0.29) is 5.78 Å². The normalized spacial score (nSPS) is 12.7. The highest BCUT2D eigenvalue weighted by molar-refractivity contribution is 6.33. The minimum atomic E-state index is -0.0512. The van der Waals surface area contributed by atoms with Gasteiger partial charge < -0.3 is 20.3 Å². The lowest BCUT2D eigenvalue weighted by atomic mass is 10.1. The standard InChI is InChI=1S/C23H22ClN5O2/c1-15(30)17-7-3-4-8-19(17)26-22-18(24)14-25-23(28-22)27-20-10-9-16(13-21(20)31-2)29-11-5-6-12-29/h3-10,13-14H,11-12H2,1-2H3,(H2,25,26,27,28). The van der Waals surface area contributed by atoms with Gasteiger partial charge in [-0.2, -0.15) is 4.98 Å². The Labute approximate surface area is 185 Å². The first kappa shape index (κ1) is 20.7. The summed E-state index contributed by atoms with van der Waals surface area (Å²) in [4.78, 5) is 22.9. The van der Waals surface area contributed by atoms with Crippen molar-refractivity contribution in [3.8, 4) is 5.75 Å². The van der Waals surface area contributed by atoms with Crippen LogP contribution in [0.2, 0.25) is 5.02 Å². The van der Waals surface area contributed by atoms with Crippen LogP contribution in [0.15, 0.2) is 60.8 Å². The molecule has 158 valence electrons. The van der Waals surface area contributed by atoms with Gasteiger partial charge in [0, 0.05) is 30.4 Å². The van der Waals surface area contributed by atoms with Crippen LogP contribution in [0.25, 0.3) is 0 Å². The van der Waals surface area contributed by atoms with E-state index in [2.05, 4.69) is 37.7 Å². The number of hydrogen-bond acceptors (Lipinski definition) is 7. The summed E-state index contributed by atoms with van der Waals surface area (Å²) in [6.45, 7) is 3.28. The number of carbonyl (C=O) groups is 1. The number of nitrogens with zero attached hydrogens (tertiary/aromatic N) is 3. The number of Topliss-reactive ketones (excluding diaryl/α,β-unsaturated/α-hetero) is 1. The molecule has 0 unspecified atom stereocenters. The summed E-state index contributed by atoms with van der Waals surface area (Å²) in [6.07, 6.45) is 5.78. The molecule has 0 saturated carbocycles. The fourth-order valence-electron chi connectivity index (χ4n) is 3.33. The molecule has 31 heavy (non-hydrogen) atoms. The van der Waals surface area contributed by atoms with Gasteiger partial charge in [0.25, 0.3) is 0 Å². The van der Waals surface area contributed by atoms with Gasteiger partial charge in [0.1, 0.15) is 10.8 Å². The maximum absolute atomic E-state index is 11.9. The van der Waals surface area contributed by atoms with Crippen molar-refractivity contribution in [2.45, 2.75) is 6.92 Å². The number of ether oxygens (including phenoxy) is 1. The number of nitrogens with one attached hydrogen (secondary N) is 2. The molecule has 0 fully saturated rings. The molecule has 0 atom stereocenters. The van der Waals surface area contributed by atoms with Crippen molar-refractivity contribution in [2.75, 3.05) is 35.7 Å². The average molecular weight is 436 g/mol. The van der Waals surface area contributed by atoms with Crippen LogP contribution in [-0.2, 0) is 0 Å². The molecule has 1 aliphatic heterocycles. The molecule has 7 nitrogen and oxygen atoms in total. The van der Waals surface area contributed by atoms with Crippen LogP contribution in [0.4, 0.5) is 28.8 Å². The molecule has 2 N–H and O–H groups in total. The van der Waals surface area contributed by atoms with Crippen LogP contribution in [-0.4, -0.2) is 36.0 Å². The second-order valence-electron chi connectivity index (χ2n) is 7.00. The summed E-state index contributed by atoms with van der Waals surface area (Å²) in [5.41, 5.74) is 2.99. The molecular formula is C23H22ClN5O2. The highest BCUT2D eigenvalue weighted by Gasteiger charge is 2.14. The molecule has 0 saturated heterocycles. The number of carbonyl (C=O) groups excluding carboxylic acids is 1. The van der Waals surface area contributed by atoms with Crippen molar-refractivity contribution in [1.82, 2.24) is 9.97 Å². The Morgan fingerprint density at radius 3 is 2.61 bits per heavy atom. The Bertz CT molecular complexity index is 1140. The number of methoxy groups -OCH3 is 1. The number of halogens is 1. The Balaban J connectivity index is 1.58. The van der Waals surface area contributed by atoms with Gasteiger partial charge >= 0.3 is 0 Å². The minimum absolute atomic E-state index is 0.0512. The van der Waals surface area contributed by atoms with Gasteiger partial charge in [-0.1, -0.05) is 35.9 Å². The lowest BCUT2D eigenvalue weighted by Crippen LogP contribution is -2.18. The molecule has 1 aliphatic rings. The second kappa shape index (κ2) is 9.06. The molecule has 0 amide bonds. The summed E-state index contributed by atoms with van der Waals surface area (Å²) < 4.78 is 5.57. The zero-order valence-electron chi connectivity index (χ0n) is 17.2. The van der Waals surface area contributed by atoms with Crippen LogP contribution in [0.5, 0.6) is 5.75 Å². The quantitative estimate of drug-likeness (QED) is 0.389. The fraction of sp³-hybridized carbons (Fsp3) is 0.174. The second-order valence-corrected chi connectivity index (χ2v) is 7.41. The van der Waals surface area contributed by atoms with E-state index in [1.54, 1.807) is 19.2 Å². The molecule has 4 rings (SSSR count). The number of ketones is 1. The predicted molar refractivity (Wildman–Crippen MR) is 124 cm³/mol. The fourth-order valence-corrected chi connectivity index (χ4v) is 3.47. The van der Waals surface area contributed by atoms with Crippen molar-refractivity contribution in [3.05, 3.63) is 71.4 Å². The summed E-state index contributed by atoms with van der Waals surface area (Å²) in [7, 11) is 1.63. The van der Waals surface area contributed by atoms with E-state index in [9.17, 15) is 4.79 Å². The molecule has 0 bridgehead atoms. The number of rotatable bonds is 7. The number of aromatic nitrogens is 2. The Morgan fingerprint density at radius 1 is 1.10 bits per heavy atom. The first-order valence-corrected chi connectivity index (χ1v) is 10.2. The van der Waals surface area contributed by atoms with Crippen molar-refractivity contribution in [3.63, 3.8) is 0 Å². The van der Waals surface area contributed by atoms with Crippen LogP contribution >= 0.6 is 11.6 Å². The molecule has 0 spiro atoms. The lowest BCUT2D eigenvalue weighted by Gasteiger charge is -2.20. The largest absolute Gasteiger partial charge is 0.494 e. The van der Waals surface area contributed by atoms with Gasteiger partial charge in [0.2, 0.25) is 5.95 Å². The van der Waals surface area contributed by atoms with E-state index in [4.69, 9.17) is 16.3 Å². The highest BCUT2D eigenvalue weighted by atomic mass is 35.5. The third-order valence-electron chi connectivity index (χ3n) is 4.92. The minimum Gasteiger partial charge on any atom is -0.494 e. The van der Waals surface area contributed by atoms with E-state index in [0.717, 1.165) is 24.5 Å². The van der Waals surface area contributed by atoms with Gasteiger partial charge in [0.05, 0.1) is 24.7 Å². The molecule has 3 aromatic rings. The highest BCUT2D eigenvalue weighted by Crippen LogP contribution is 2.33. The summed E-state index contributed by atoms with van der Waals surface area (Å²) in [5, 5.41) is 6.66. The van der Waals surface area contributed by atoms with E-state index < -0.39 is 0 Å². The lowest BCUT2D eigenvalue weighted by molar-refractivity contribution is 0.101. The average Bonchev–Trinajstić information content (AvgIpc) is 3.31. The third-order valence-corrected chi connectivity index (χ3v) is 5.20. The van der Waals surface area contributed by atoms with Crippen molar-refractivity contribution in [2.24, 2.45) is 0 Å². The third kappa shape index (κ3) is 4.62. The predicted octanol–water partition coefficient (Wildman–Crippen LogP) is 5.20. The van der Waals surface area contributed by atoms with Gasteiger partial charge in [0.15, 0.2) is 11.6 Å². The first-order chi connectivity index (χ1) is 15.0. The monoisotopic (exact) mass is 435 g/mol.